The molecular formula is C24H26F2N2O5. The molecular weight excluding hydrogens is 434 g/mol. The van der Waals surface area contributed by atoms with Gasteiger partial charge in [-0.15, -0.1) is 0 Å². The summed E-state index contributed by atoms with van der Waals surface area (Å²) in [5, 5.41) is 10.1. The Kier molecular flexibility index (Phi) is 6.62. The van der Waals surface area contributed by atoms with Crippen LogP contribution in [0, 0.1) is 5.92 Å². The topological polar surface area (TPSA) is 82.7 Å². The molecule has 2 aromatic carbocycles. The fourth-order valence-electron chi connectivity index (χ4n) is 4.30. The zero-order chi connectivity index (χ0) is 23.7. The van der Waals surface area contributed by atoms with E-state index < -0.39 is 12.7 Å². The maximum absolute atomic E-state index is 13.3. The highest BCUT2D eigenvalue weighted by Crippen LogP contribution is 2.27. The Morgan fingerprint density at radius 2 is 2.00 bits per heavy atom. The average molecular weight is 460 g/mol. The van der Waals surface area contributed by atoms with Crippen molar-refractivity contribution >= 4 is 16.8 Å². The van der Waals surface area contributed by atoms with Gasteiger partial charge in [0, 0.05) is 30.7 Å². The second-order valence-corrected chi connectivity index (χ2v) is 8.48. The van der Waals surface area contributed by atoms with E-state index in [9.17, 15) is 23.5 Å². The quantitative estimate of drug-likeness (QED) is 0.540. The summed E-state index contributed by atoms with van der Waals surface area (Å²) in [5.41, 5.74) is 1.59. The van der Waals surface area contributed by atoms with Crippen LogP contribution in [-0.4, -0.2) is 46.0 Å². The summed E-state index contributed by atoms with van der Waals surface area (Å²) in [6.07, 6.45) is 0.124. The zero-order valence-corrected chi connectivity index (χ0v) is 18.4. The summed E-state index contributed by atoms with van der Waals surface area (Å²) in [7, 11) is 0. The van der Waals surface area contributed by atoms with Gasteiger partial charge in [-0.2, -0.15) is 8.78 Å². The molecule has 4 rings (SSSR count). The molecule has 0 amide bonds. The highest BCUT2D eigenvalue weighted by molar-refractivity contribution is 5.99. The standard InChI is InChI=1S/C24H26F2N2O5/c1-14(2)27-20-10-15(21(29)11-16-8-9-32-13-22(16)30)6-7-19(20)28(24(27)31)17-4-3-5-18(12-17)33-23(25)26/h3-7,10,12,14,16,22-23,30H,8-9,11,13H2,1-2H3/t16-,22+/m1/s1. The Labute approximate surface area is 189 Å². The maximum Gasteiger partial charge on any atom is 0.387 e. The number of nitrogens with zero attached hydrogens (tertiary/aromatic N) is 2. The highest BCUT2D eigenvalue weighted by atomic mass is 19.3. The first kappa shape index (κ1) is 23.1. The lowest BCUT2D eigenvalue weighted by Crippen LogP contribution is -2.33. The Morgan fingerprint density at radius 1 is 1.21 bits per heavy atom. The van der Waals surface area contributed by atoms with E-state index in [0.717, 1.165) is 0 Å². The van der Waals surface area contributed by atoms with Gasteiger partial charge in [-0.1, -0.05) is 6.07 Å². The molecule has 1 N–H and O–H groups in total. The summed E-state index contributed by atoms with van der Waals surface area (Å²) in [4.78, 5) is 26.3. The fourth-order valence-corrected chi connectivity index (χ4v) is 4.30. The number of imidazole rings is 1. The molecule has 0 aliphatic carbocycles. The van der Waals surface area contributed by atoms with Gasteiger partial charge in [0.2, 0.25) is 0 Å². The third-order valence-electron chi connectivity index (χ3n) is 5.93. The number of Topliss-reactive ketones (excluding diaryl/α,β-unsaturated/α-hetero) is 1. The Balaban J connectivity index is 1.76. The molecule has 3 aromatic rings. The number of alkyl halides is 2. The lowest BCUT2D eigenvalue weighted by atomic mass is 9.90. The number of aromatic nitrogens is 2. The fraction of sp³-hybridized carbons (Fsp3) is 0.417. The molecule has 0 spiro atoms. The lowest BCUT2D eigenvalue weighted by Gasteiger charge is -2.27. The van der Waals surface area contributed by atoms with Crippen molar-refractivity contribution < 1.29 is 28.2 Å². The number of ketones is 1. The summed E-state index contributed by atoms with van der Waals surface area (Å²) in [6.45, 7) is 1.47. The van der Waals surface area contributed by atoms with Crippen molar-refractivity contribution in [1.82, 2.24) is 9.13 Å². The van der Waals surface area contributed by atoms with E-state index >= 15 is 0 Å². The van der Waals surface area contributed by atoms with Crippen molar-refractivity contribution in [2.45, 2.75) is 45.4 Å². The number of rotatable bonds is 7. The van der Waals surface area contributed by atoms with Crippen LogP contribution in [0.15, 0.2) is 47.3 Å². The van der Waals surface area contributed by atoms with Gasteiger partial charge in [-0.05, 0) is 56.5 Å². The van der Waals surface area contributed by atoms with Crippen molar-refractivity contribution in [2.75, 3.05) is 13.2 Å². The predicted molar refractivity (Wildman–Crippen MR) is 118 cm³/mol. The van der Waals surface area contributed by atoms with Gasteiger partial charge < -0.3 is 14.6 Å². The molecule has 1 fully saturated rings. The molecule has 1 aliphatic rings. The normalized spacial score (nSPS) is 18.9. The van der Waals surface area contributed by atoms with Crippen LogP contribution in [-0.2, 0) is 4.74 Å². The van der Waals surface area contributed by atoms with Crippen LogP contribution in [0.1, 0.15) is 43.1 Å². The second-order valence-electron chi connectivity index (χ2n) is 8.48. The number of aliphatic hydroxyl groups excluding tert-OH is 1. The van der Waals surface area contributed by atoms with E-state index in [1.807, 2.05) is 13.8 Å². The first-order valence-corrected chi connectivity index (χ1v) is 10.9. The van der Waals surface area contributed by atoms with Crippen LogP contribution in [0.2, 0.25) is 0 Å². The summed E-state index contributed by atoms with van der Waals surface area (Å²) in [5.74, 6) is -0.344. The number of benzene rings is 2. The first-order chi connectivity index (χ1) is 15.8. The Bertz CT molecular complexity index is 1220. The van der Waals surface area contributed by atoms with Gasteiger partial charge in [0.25, 0.3) is 0 Å². The number of fused-ring (bicyclic) bond motifs is 1. The lowest BCUT2D eigenvalue weighted by molar-refractivity contribution is -0.0498. The minimum Gasteiger partial charge on any atom is -0.435 e. The van der Waals surface area contributed by atoms with E-state index in [1.165, 1.54) is 22.8 Å². The molecule has 33 heavy (non-hydrogen) atoms. The number of halogens is 2. The third-order valence-corrected chi connectivity index (χ3v) is 5.93. The molecule has 2 atom stereocenters. The van der Waals surface area contributed by atoms with Gasteiger partial charge in [-0.3, -0.25) is 13.9 Å². The van der Waals surface area contributed by atoms with E-state index in [0.29, 0.717) is 35.3 Å². The highest BCUT2D eigenvalue weighted by Gasteiger charge is 2.27. The summed E-state index contributed by atoms with van der Waals surface area (Å²) >= 11 is 0. The maximum atomic E-state index is 13.3. The van der Waals surface area contributed by atoms with Crippen LogP contribution in [0.5, 0.6) is 5.75 Å². The molecule has 0 bridgehead atoms. The second kappa shape index (κ2) is 9.44. The largest absolute Gasteiger partial charge is 0.435 e. The number of hydrogen-bond donors (Lipinski definition) is 1. The smallest absolute Gasteiger partial charge is 0.387 e. The molecule has 0 radical (unpaired) electrons. The zero-order valence-electron chi connectivity index (χ0n) is 18.4. The van der Waals surface area contributed by atoms with E-state index in [4.69, 9.17) is 4.74 Å². The molecule has 1 aromatic heterocycles. The van der Waals surface area contributed by atoms with Crippen molar-refractivity contribution in [1.29, 1.82) is 0 Å². The minimum absolute atomic E-state index is 0.0540. The van der Waals surface area contributed by atoms with Gasteiger partial charge in [0.1, 0.15) is 5.75 Å². The van der Waals surface area contributed by atoms with E-state index in [-0.39, 0.29) is 42.2 Å². The number of aliphatic hydroxyl groups is 1. The molecule has 7 nitrogen and oxygen atoms in total. The molecule has 9 heteroatoms. The van der Waals surface area contributed by atoms with E-state index in [2.05, 4.69) is 4.74 Å². The average Bonchev–Trinajstić information content (AvgIpc) is 3.06. The van der Waals surface area contributed by atoms with Gasteiger partial charge in [-0.25, -0.2) is 4.79 Å². The number of carbonyl (C=O) groups is 1. The Morgan fingerprint density at radius 3 is 2.70 bits per heavy atom. The van der Waals surface area contributed by atoms with E-state index in [1.54, 1.807) is 28.8 Å². The SMILES string of the molecule is CC(C)n1c(=O)n(-c2cccc(OC(F)F)c2)c2ccc(C(=O)C[C@H]3CCOC[C@@H]3O)cc21. The molecule has 1 saturated heterocycles. The van der Waals surface area contributed by atoms with Crippen LogP contribution in [0.4, 0.5) is 8.78 Å². The van der Waals surface area contributed by atoms with Crippen molar-refractivity contribution in [3.05, 3.63) is 58.5 Å². The third kappa shape index (κ3) is 4.69. The van der Waals surface area contributed by atoms with Crippen LogP contribution in [0.25, 0.3) is 16.7 Å². The minimum atomic E-state index is -2.98. The predicted octanol–water partition coefficient (Wildman–Crippen LogP) is 3.94. The summed E-state index contributed by atoms with van der Waals surface area (Å²) in [6, 6.07) is 10.8. The number of ether oxygens (including phenoxy) is 2. The van der Waals surface area contributed by atoms with Crippen molar-refractivity contribution in [3.8, 4) is 11.4 Å². The van der Waals surface area contributed by atoms with Crippen LogP contribution >= 0.6 is 0 Å². The van der Waals surface area contributed by atoms with Crippen LogP contribution in [0.3, 0.4) is 0 Å². The molecule has 0 unspecified atom stereocenters. The van der Waals surface area contributed by atoms with Gasteiger partial charge >= 0.3 is 12.3 Å². The van der Waals surface area contributed by atoms with Gasteiger partial charge in [0.15, 0.2) is 5.78 Å². The molecule has 176 valence electrons. The first-order valence-electron chi connectivity index (χ1n) is 10.9. The number of hydrogen-bond acceptors (Lipinski definition) is 5. The molecule has 1 aliphatic heterocycles. The molecule has 2 heterocycles. The van der Waals surface area contributed by atoms with Crippen LogP contribution < -0.4 is 10.4 Å². The van der Waals surface area contributed by atoms with Crippen molar-refractivity contribution in [2.24, 2.45) is 5.92 Å². The summed E-state index contributed by atoms with van der Waals surface area (Å²) < 4.78 is 38.0. The number of carbonyl (C=O) groups excluding carboxylic acids is 1. The Hall–Kier alpha value is -3.04. The van der Waals surface area contributed by atoms with Gasteiger partial charge in [0.05, 0.1) is 29.4 Å². The monoisotopic (exact) mass is 460 g/mol. The van der Waals surface area contributed by atoms with Crippen molar-refractivity contribution in [3.63, 3.8) is 0 Å². The molecule has 0 saturated carbocycles.